The normalized spacial score (nSPS) is 13.4. The first-order valence-electron chi connectivity index (χ1n) is 5.92. The number of anilines is 2. The van der Waals surface area contributed by atoms with Crippen molar-refractivity contribution in [2.45, 2.75) is 13.5 Å². The van der Waals surface area contributed by atoms with Crippen LogP contribution in [0.5, 0.6) is 5.75 Å². The van der Waals surface area contributed by atoms with Crippen molar-refractivity contribution in [3.05, 3.63) is 34.3 Å². The molecule has 6 heteroatoms. The van der Waals surface area contributed by atoms with Gasteiger partial charge < -0.3 is 15.4 Å². The van der Waals surface area contributed by atoms with Gasteiger partial charge in [0.05, 0.1) is 23.4 Å². The van der Waals surface area contributed by atoms with Gasteiger partial charge in [-0.3, -0.25) is 4.79 Å². The Bertz CT molecular complexity index is 624. The zero-order valence-electron chi connectivity index (χ0n) is 10.4. The lowest BCUT2D eigenvalue weighted by atomic mass is 10.2. The molecule has 0 aliphatic carbocycles. The number of carbonyl (C=O) groups excluding carboxylic acids is 1. The van der Waals surface area contributed by atoms with Crippen LogP contribution in [0.4, 0.5) is 11.4 Å². The molecule has 0 fully saturated rings. The molecule has 3 rings (SSSR count). The van der Waals surface area contributed by atoms with Crippen LogP contribution < -0.4 is 15.4 Å². The van der Waals surface area contributed by atoms with Crippen LogP contribution in [0, 0.1) is 6.92 Å². The van der Waals surface area contributed by atoms with E-state index in [0.717, 1.165) is 17.9 Å². The molecule has 2 heterocycles. The quantitative estimate of drug-likeness (QED) is 0.903. The molecular weight excluding hydrogens is 262 g/mol. The second kappa shape index (κ2) is 4.89. The lowest BCUT2D eigenvalue weighted by Gasteiger charge is -2.18. The molecule has 2 N–H and O–H groups in total. The SMILES string of the molecule is Cc1ncsc1CNc1ccc2c(c1)NC(=O)CO2. The molecule has 2 aromatic rings. The summed E-state index contributed by atoms with van der Waals surface area (Å²) in [5, 5.41) is 6.11. The van der Waals surface area contributed by atoms with Gasteiger partial charge in [0.15, 0.2) is 6.61 Å². The summed E-state index contributed by atoms with van der Waals surface area (Å²) in [5.41, 5.74) is 4.54. The van der Waals surface area contributed by atoms with E-state index < -0.39 is 0 Å². The van der Waals surface area contributed by atoms with E-state index in [2.05, 4.69) is 15.6 Å². The van der Waals surface area contributed by atoms with Crippen LogP contribution in [0.2, 0.25) is 0 Å². The fourth-order valence-electron chi connectivity index (χ4n) is 1.87. The zero-order valence-corrected chi connectivity index (χ0v) is 11.2. The second-order valence-electron chi connectivity index (χ2n) is 4.26. The highest BCUT2D eigenvalue weighted by Crippen LogP contribution is 2.30. The van der Waals surface area contributed by atoms with Gasteiger partial charge in [0.2, 0.25) is 0 Å². The molecule has 1 aliphatic rings. The Morgan fingerprint density at radius 3 is 3.21 bits per heavy atom. The highest BCUT2D eigenvalue weighted by Gasteiger charge is 2.15. The topological polar surface area (TPSA) is 63.2 Å². The van der Waals surface area contributed by atoms with E-state index in [4.69, 9.17) is 4.74 Å². The predicted octanol–water partition coefficient (Wildman–Crippen LogP) is 2.39. The number of fused-ring (bicyclic) bond motifs is 1. The smallest absolute Gasteiger partial charge is 0.262 e. The highest BCUT2D eigenvalue weighted by atomic mass is 32.1. The van der Waals surface area contributed by atoms with Gasteiger partial charge in [0, 0.05) is 10.6 Å². The zero-order chi connectivity index (χ0) is 13.2. The summed E-state index contributed by atoms with van der Waals surface area (Å²) < 4.78 is 5.31. The molecule has 5 nitrogen and oxygen atoms in total. The van der Waals surface area contributed by atoms with Gasteiger partial charge >= 0.3 is 0 Å². The van der Waals surface area contributed by atoms with Gasteiger partial charge in [-0.25, -0.2) is 4.98 Å². The van der Waals surface area contributed by atoms with Crippen molar-refractivity contribution in [2.75, 3.05) is 17.2 Å². The van der Waals surface area contributed by atoms with Crippen LogP contribution in [0.3, 0.4) is 0 Å². The van der Waals surface area contributed by atoms with Crippen molar-refractivity contribution in [3.8, 4) is 5.75 Å². The van der Waals surface area contributed by atoms with Gasteiger partial charge in [0.25, 0.3) is 5.91 Å². The van der Waals surface area contributed by atoms with E-state index in [0.29, 0.717) is 11.4 Å². The summed E-state index contributed by atoms with van der Waals surface area (Å²) >= 11 is 1.63. The molecule has 19 heavy (non-hydrogen) atoms. The molecule has 1 amide bonds. The van der Waals surface area contributed by atoms with Crippen molar-refractivity contribution in [1.82, 2.24) is 4.98 Å². The lowest BCUT2D eigenvalue weighted by Crippen LogP contribution is -2.25. The van der Waals surface area contributed by atoms with Crippen molar-refractivity contribution in [1.29, 1.82) is 0 Å². The van der Waals surface area contributed by atoms with Crippen LogP contribution in [-0.4, -0.2) is 17.5 Å². The summed E-state index contributed by atoms with van der Waals surface area (Å²) in [6.07, 6.45) is 0. The summed E-state index contributed by atoms with van der Waals surface area (Å²) in [7, 11) is 0. The third-order valence-electron chi connectivity index (χ3n) is 2.91. The van der Waals surface area contributed by atoms with Crippen molar-refractivity contribution in [3.63, 3.8) is 0 Å². The van der Waals surface area contributed by atoms with Crippen LogP contribution in [0.1, 0.15) is 10.6 Å². The Labute approximate surface area is 114 Å². The molecule has 1 aromatic carbocycles. The monoisotopic (exact) mass is 275 g/mol. The fraction of sp³-hybridized carbons (Fsp3) is 0.231. The number of benzene rings is 1. The van der Waals surface area contributed by atoms with Crippen molar-refractivity contribution < 1.29 is 9.53 Å². The Balaban J connectivity index is 1.74. The first-order valence-corrected chi connectivity index (χ1v) is 6.80. The van der Waals surface area contributed by atoms with Gasteiger partial charge in [0.1, 0.15) is 5.75 Å². The molecule has 0 spiro atoms. The summed E-state index contributed by atoms with van der Waals surface area (Å²) in [6, 6.07) is 5.67. The van der Waals surface area contributed by atoms with E-state index in [-0.39, 0.29) is 12.5 Å². The Morgan fingerprint density at radius 2 is 2.42 bits per heavy atom. The molecule has 0 unspecified atom stereocenters. The largest absolute Gasteiger partial charge is 0.482 e. The number of ether oxygens (including phenoxy) is 1. The highest BCUT2D eigenvalue weighted by molar-refractivity contribution is 7.09. The molecular formula is C13H13N3O2S. The van der Waals surface area contributed by atoms with E-state index in [1.807, 2.05) is 30.6 Å². The van der Waals surface area contributed by atoms with Crippen LogP contribution >= 0.6 is 11.3 Å². The maximum Gasteiger partial charge on any atom is 0.262 e. The Morgan fingerprint density at radius 1 is 1.53 bits per heavy atom. The standard InChI is InChI=1S/C13H13N3O2S/c1-8-12(19-7-15-8)5-14-9-2-3-11-10(4-9)16-13(17)6-18-11/h2-4,7,14H,5-6H2,1H3,(H,16,17). The molecule has 0 bridgehead atoms. The van der Waals surface area contributed by atoms with Gasteiger partial charge in [-0.2, -0.15) is 0 Å². The summed E-state index contributed by atoms with van der Waals surface area (Å²) in [5.74, 6) is 0.585. The van der Waals surface area contributed by atoms with E-state index >= 15 is 0 Å². The number of aryl methyl sites for hydroxylation is 1. The maximum absolute atomic E-state index is 11.3. The van der Waals surface area contributed by atoms with Crippen LogP contribution in [0.25, 0.3) is 0 Å². The van der Waals surface area contributed by atoms with Crippen LogP contribution in [0.15, 0.2) is 23.7 Å². The van der Waals surface area contributed by atoms with Crippen molar-refractivity contribution >= 4 is 28.6 Å². The molecule has 0 saturated carbocycles. The third kappa shape index (κ3) is 2.53. The second-order valence-corrected chi connectivity index (χ2v) is 5.20. The van der Waals surface area contributed by atoms with Gasteiger partial charge in [-0.05, 0) is 25.1 Å². The number of nitrogens with zero attached hydrogens (tertiary/aromatic N) is 1. The van der Waals surface area contributed by atoms with Gasteiger partial charge in [-0.1, -0.05) is 0 Å². The number of amides is 1. The average Bonchev–Trinajstić information content (AvgIpc) is 2.81. The average molecular weight is 275 g/mol. The Kier molecular flexibility index (Phi) is 3.08. The molecule has 0 radical (unpaired) electrons. The molecule has 1 aliphatic heterocycles. The van der Waals surface area contributed by atoms with E-state index in [1.54, 1.807) is 11.3 Å². The maximum atomic E-state index is 11.3. The minimum Gasteiger partial charge on any atom is -0.482 e. The molecule has 0 saturated heterocycles. The fourth-order valence-corrected chi connectivity index (χ4v) is 2.59. The summed E-state index contributed by atoms with van der Waals surface area (Å²) in [6.45, 7) is 2.80. The van der Waals surface area contributed by atoms with E-state index in [9.17, 15) is 4.79 Å². The number of hydrogen-bond acceptors (Lipinski definition) is 5. The minimum absolute atomic E-state index is 0.0832. The number of thiazole rings is 1. The Hall–Kier alpha value is -2.08. The van der Waals surface area contributed by atoms with Crippen LogP contribution in [-0.2, 0) is 11.3 Å². The van der Waals surface area contributed by atoms with E-state index in [1.165, 1.54) is 4.88 Å². The predicted molar refractivity (Wildman–Crippen MR) is 74.7 cm³/mol. The summed E-state index contributed by atoms with van der Waals surface area (Å²) in [4.78, 5) is 16.7. The third-order valence-corrected chi connectivity index (χ3v) is 3.85. The first kappa shape index (κ1) is 12.0. The molecule has 98 valence electrons. The number of hydrogen-bond donors (Lipinski definition) is 2. The van der Waals surface area contributed by atoms with Crippen molar-refractivity contribution in [2.24, 2.45) is 0 Å². The van der Waals surface area contributed by atoms with Gasteiger partial charge in [-0.15, -0.1) is 11.3 Å². The number of carbonyl (C=O) groups is 1. The number of rotatable bonds is 3. The number of nitrogens with one attached hydrogen (secondary N) is 2. The first-order chi connectivity index (χ1) is 9.22. The minimum atomic E-state index is -0.122. The number of aromatic nitrogens is 1. The molecule has 1 aromatic heterocycles. The lowest BCUT2D eigenvalue weighted by molar-refractivity contribution is -0.118. The molecule has 0 atom stereocenters.